The van der Waals surface area contributed by atoms with Gasteiger partial charge in [-0.1, -0.05) is 38.0 Å². The van der Waals surface area contributed by atoms with Crippen LogP contribution in [0.2, 0.25) is 0 Å². The summed E-state index contributed by atoms with van der Waals surface area (Å²) in [6.45, 7) is 10.2. The lowest BCUT2D eigenvalue weighted by Crippen LogP contribution is -2.44. The molecule has 0 aromatic heterocycles. The monoisotopic (exact) mass is 316 g/mol. The molecule has 0 saturated carbocycles. The van der Waals surface area contributed by atoms with Crippen LogP contribution in [0, 0.1) is 11.8 Å². The van der Waals surface area contributed by atoms with E-state index < -0.39 is 5.60 Å². The van der Waals surface area contributed by atoms with Gasteiger partial charge < -0.3 is 10.2 Å². The molecule has 0 aliphatic heterocycles. The second-order valence-electron chi connectivity index (χ2n) is 7.40. The summed E-state index contributed by atoms with van der Waals surface area (Å²) in [5.41, 5.74) is 1.97. The fourth-order valence-corrected chi connectivity index (χ4v) is 3.99. The summed E-state index contributed by atoms with van der Waals surface area (Å²) in [6, 6.07) is 0. The van der Waals surface area contributed by atoms with E-state index in [4.69, 9.17) is 0 Å². The molecule has 2 heteroatoms. The van der Waals surface area contributed by atoms with Crippen LogP contribution in [-0.4, -0.2) is 15.8 Å². The Morgan fingerprint density at radius 2 is 2.13 bits per heavy atom. The summed E-state index contributed by atoms with van der Waals surface area (Å²) in [6.07, 6.45) is 13.7. The van der Waals surface area contributed by atoms with E-state index in [0.29, 0.717) is 11.3 Å². The highest BCUT2D eigenvalue weighted by atomic mass is 16.3. The predicted molar refractivity (Wildman–Crippen MR) is 97.3 cm³/mol. The second-order valence-corrected chi connectivity index (χ2v) is 7.40. The van der Waals surface area contributed by atoms with Crippen LogP contribution in [0.1, 0.15) is 65.7 Å². The number of aliphatic hydroxyl groups is 2. The molecule has 0 aromatic rings. The first-order valence-corrected chi connectivity index (χ1v) is 9.06. The zero-order valence-electron chi connectivity index (χ0n) is 14.9. The Hall–Kier alpha value is -1.28. The second kappa shape index (κ2) is 7.53. The molecule has 0 radical (unpaired) electrons. The van der Waals surface area contributed by atoms with Crippen LogP contribution >= 0.6 is 0 Å². The molecule has 128 valence electrons. The number of hydrogen-bond acceptors (Lipinski definition) is 2. The van der Waals surface area contributed by atoms with Crippen molar-refractivity contribution in [3.8, 4) is 0 Å². The highest BCUT2D eigenvalue weighted by Gasteiger charge is 2.45. The quantitative estimate of drug-likeness (QED) is 0.493. The molecule has 0 fully saturated rings. The van der Waals surface area contributed by atoms with Gasteiger partial charge in [-0.3, -0.25) is 0 Å². The average molecular weight is 316 g/mol. The molecule has 0 spiro atoms. The number of unbranched alkanes of at least 4 members (excludes halogenated alkanes) is 2. The van der Waals surface area contributed by atoms with Crippen molar-refractivity contribution < 1.29 is 10.2 Å². The molecule has 2 rings (SSSR count). The van der Waals surface area contributed by atoms with Gasteiger partial charge in [-0.05, 0) is 75.2 Å². The highest BCUT2D eigenvalue weighted by Crippen LogP contribution is 2.45. The lowest BCUT2D eigenvalue weighted by Gasteiger charge is -2.42. The first-order valence-electron chi connectivity index (χ1n) is 9.06. The molecule has 0 amide bonds. The largest absolute Gasteiger partial charge is 0.512 e. The molecule has 0 aromatic carbocycles. The Morgan fingerprint density at radius 3 is 2.74 bits per heavy atom. The van der Waals surface area contributed by atoms with Crippen LogP contribution in [-0.2, 0) is 0 Å². The van der Waals surface area contributed by atoms with E-state index in [0.717, 1.165) is 37.7 Å². The van der Waals surface area contributed by atoms with Crippen LogP contribution in [0.3, 0.4) is 0 Å². The lowest BCUT2D eigenvalue weighted by molar-refractivity contribution is 0.0328. The van der Waals surface area contributed by atoms with Gasteiger partial charge >= 0.3 is 0 Å². The molecule has 0 saturated heterocycles. The van der Waals surface area contributed by atoms with Gasteiger partial charge in [-0.25, -0.2) is 0 Å². The van der Waals surface area contributed by atoms with Crippen molar-refractivity contribution in [2.24, 2.45) is 11.8 Å². The highest BCUT2D eigenvalue weighted by molar-refractivity contribution is 5.40. The summed E-state index contributed by atoms with van der Waals surface area (Å²) in [7, 11) is 0. The molecule has 3 atom stereocenters. The molecule has 2 N–H and O–H groups in total. The van der Waals surface area contributed by atoms with E-state index in [9.17, 15) is 10.2 Å². The lowest BCUT2D eigenvalue weighted by atomic mass is 9.67. The fourth-order valence-electron chi connectivity index (χ4n) is 3.99. The normalized spacial score (nSPS) is 31.2. The van der Waals surface area contributed by atoms with Crippen LogP contribution in [0.25, 0.3) is 0 Å². The fraction of sp³-hybridized carbons (Fsp3) is 0.619. The smallest absolute Gasteiger partial charge is 0.114 e. The standard InChI is InChI=1S/C21H32O2/c1-5-6-7-10-17-13-19(22)20(21(23,14-17)15(2)3)18-11-8-9-16(4)12-18/h12-14,18,20,22-23H,2,5-11H2,1,3-4H3/t18?,20-,21?/m1/s1. The van der Waals surface area contributed by atoms with Gasteiger partial charge in [0.25, 0.3) is 0 Å². The topological polar surface area (TPSA) is 40.5 Å². The number of hydrogen-bond donors (Lipinski definition) is 2. The molecule has 2 unspecified atom stereocenters. The minimum atomic E-state index is -1.14. The number of aliphatic hydroxyl groups excluding tert-OH is 1. The van der Waals surface area contributed by atoms with Crippen LogP contribution in [0.5, 0.6) is 0 Å². The minimum Gasteiger partial charge on any atom is -0.512 e. The van der Waals surface area contributed by atoms with Gasteiger partial charge in [0.05, 0.1) is 11.7 Å². The number of rotatable bonds is 6. The van der Waals surface area contributed by atoms with E-state index in [-0.39, 0.29) is 11.8 Å². The van der Waals surface area contributed by atoms with E-state index in [1.165, 1.54) is 18.4 Å². The van der Waals surface area contributed by atoms with Crippen molar-refractivity contribution in [1.82, 2.24) is 0 Å². The third kappa shape index (κ3) is 3.98. The molecule has 0 heterocycles. The van der Waals surface area contributed by atoms with Gasteiger partial charge in [0.1, 0.15) is 5.60 Å². The van der Waals surface area contributed by atoms with Crippen molar-refractivity contribution >= 4 is 0 Å². The van der Waals surface area contributed by atoms with E-state index in [2.05, 4.69) is 26.5 Å². The SMILES string of the molecule is C=C(C)C1(O)C=C(CCCCC)C=C(O)[C@H]1C1C=C(C)CCC1. The summed E-state index contributed by atoms with van der Waals surface area (Å²) in [5.74, 6) is 0.195. The third-order valence-electron chi connectivity index (χ3n) is 5.32. The van der Waals surface area contributed by atoms with Gasteiger partial charge in [-0.2, -0.15) is 0 Å². The van der Waals surface area contributed by atoms with Crippen molar-refractivity contribution in [3.05, 3.63) is 47.3 Å². The maximum absolute atomic E-state index is 11.3. The molecule has 2 nitrogen and oxygen atoms in total. The summed E-state index contributed by atoms with van der Waals surface area (Å²) < 4.78 is 0. The van der Waals surface area contributed by atoms with Crippen molar-refractivity contribution in [2.45, 2.75) is 71.3 Å². The Morgan fingerprint density at radius 1 is 1.39 bits per heavy atom. The molecule has 23 heavy (non-hydrogen) atoms. The predicted octanol–water partition coefficient (Wildman–Crippen LogP) is 5.62. The van der Waals surface area contributed by atoms with E-state index in [1.54, 1.807) is 0 Å². The molecular weight excluding hydrogens is 284 g/mol. The Labute approximate surface area is 141 Å². The zero-order chi connectivity index (χ0) is 17.0. The van der Waals surface area contributed by atoms with Gasteiger partial charge in [-0.15, -0.1) is 0 Å². The van der Waals surface area contributed by atoms with Gasteiger partial charge in [0.2, 0.25) is 0 Å². The first-order chi connectivity index (χ1) is 10.9. The Balaban J connectivity index is 2.31. The molecule has 2 aliphatic rings. The minimum absolute atomic E-state index is 0.176. The molecule has 0 bridgehead atoms. The summed E-state index contributed by atoms with van der Waals surface area (Å²) in [4.78, 5) is 0. The van der Waals surface area contributed by atoms with E-state index >= 15 is 0 Å². The summed E-state index contributed by atoms with van der Waals surface area (Å²) in [5, 5.41) is 22.0. The average Bonchev–Trinajstić information content (AvgIpc) is 2.47. The zero-order valence-corrected chi connectivity index (χ0v) is 14.9. The molecule has 2 aliphatic carbocycles. The van der Waals surface area contributed by atoms with E-state index in [1.807, 2.05) is 19.1 Å². The van der Waals surface area contributed by atoms with Crippen molar-refractivity contribution in [3.63, 3.8) is 0 Å². The van der Waals surface area contributed by atoms with Crippen molar-refractivity contribution in [2.75, 3.05) is 0 Å². The Kier molecular flexibility index (Phi) is 5.91. The maximum Gasteiger partial charge on any atom is 0.114 e. The van der Waals surface area contributed by atoms with Crippen LogP contribution < -0.4 is 0 Å². The maximum atomic E-state index is 11.3. The van der Waals surface area contributed by atoms with Gasteiger partial charge in [0.15, 0.2) is 0 Å². The van der Waals surface area contributed by atoms with Gasteiger partial charge in [0, 0.05) is 0 Å². The van der Waals surface area contributed by atoms with Crippen LogP contribution in [0.4, 0.5) is 0 Å². The van der Waals surface area contributed by atoms with Crippen LogP contribution in [0.15, 0.2) is 47.3 Å². The summed E-state index contributed by atoms with van der Waals surface area (Å²) >= 11 is 0. The molecular formula is C21H32O2. The number of allylic oxidation sites excluding steroid dienone is 4. The first kappa shape index (κ1) is 18.1. The Bertz CT molecular complexity index is 538. The van der Waals surface area contributed by atoms with Crippen molar-refractivity contribution in [1.29, 1.82) is 0 Å². The third-order valence-corrected chi connectivity index (χ3v) is 5.32.